The highest BCUT2D eigenvalue weighted by Crippen LogP contribution is 2.12. The van der Waals surface area contributed by atoms with E-state index >= 15 is 0 Å². The van der Waals surface area contributed by atoms with Crippen LogP contribution in [0.25, 0.3) is 0 Å². The van der Waals surface area contributed by atoms with Gasteiger partial charge in [0.2, 0.25) is 5.91 Å². The van der Waals surface area contributed by atoms with E-state index in [9.17, 15) is 14.4 Å². The van der Waals surface area contributed by atoms with Crippen LogP contribution in [0.3, 0.4) is 0 Å². The van der Waals surface area contributed by atoms with Gasteiger partial charge >= 0.3 is 11.9 Å². The van der Waals surface area contributed by atoms with Crippen molar-refractivity contribution in [1.29, 1.82) is 0 Å². The topological polar surface area (TPSA) is 130 Å². The van der Waals surface area contributed by atoms with Gasteiger partial charge in [-0.2, -0.15) is 0 Å². The van der Waals surface area contributed by atoms with Gasteiger partial charge in [-0.25, -0.2) is 0 Å². The van der Waals surface area contributed by atoms with Crippen LogP contribution in [-0.4, -0.2) is 41.1 Å². The Hall–Kier alpha value is -1.63. The molecule has 1 atom stereocenters. The SMILES string of the molecule is NCCCCC(CCNC(=O)CCCC(=O)O)C(=O)O. The number of carbonyl (C=O) groups is 3. The molecule has 0 saturated heterocycles. The average molecular weight is 288 g/mol. The zero-order valence-electron chi connectivity index (χ0n) is 11.6. The fraction of sp³-hybridized carbons (Fsp3) is 0.769. The molecule has 0 rings (SSSR count). The van der Waals surface area contributed by atoms with Crippen LogP contribution < -0.4 is 11.1 Å². The number of unbranched alkanes of at least 4 members (excludes halogenated alkanes) is 1. The maximum absolute atomic E-state index is 11.4. The number of hydrogen-bond acceptors (Lipinski definition) is 4. The molecule has 0 heterocycles. The van der Waals surface area contributed by atoms with E-state index in [1.807, 2.05) is 0 Å². The average Bonchev–Trinajstić information content (AvgIpc) is 2.36. The monoisotopic (exact) mass is 288 g/mol. The molecule has 5 N–H and O–H groups in total. The molecule has 1 amide bonds. The van der Waals surface area contributed by atoms with Crippen molar-refractivity contribution in [2.24, 2.45) is 11.7 Å². The zero-order chi connectivity index (χ0) is 15.4. The Labute approximate surface area is 118 Å². The molecule has 7 heteroatoms. The molecular weight excluding hydrogens is 264 g/mol. The molecule has 1 unspecified atom stereocenters. The van der Waals surface area contributed by atoms with Crippen LogP contribution in [0.15, 0.2) is 0 Å². The summed E-state index contributed by atoms with van der Waals surface area (Å²) in [6.45, 7) is 0.845. The van der Waals surface area contributed by atoms with Crippen molar-refractivity contribution in [2.45, 2.75) is 44.9 Å². The lowest BCUT2D eigenvalue weighted by Crippen LogP contribution is -2.27. The van der Waals surface area contributed by atoms with Crippen molar-refractivity contribution in [3.05, 3.63) is 0 Å². The van der Waals surface area contributed by atoms with Crippen LogP contribution in [-0.2, 0) is 14.4 Å². The Morgan fingerprint density at radius 2 is 1.70 bits per heavy atom. The van der Waals surface area contributed by atoms with Crippen LogP contribution in [0.4, 0.5) is 0 Å². The lowest BCUT2D eigenvalue weighted by atomic mass is 9.98. The van der Waals surface area contributed by atoms with Gasteiger partial charge in [-0.3, -0.25) is 14.4 Å². The Kier molecular flexibility index (Phi) is 10.3. The summed E-state index contributed by atoms with van der Waals surface area (Å²) in [6, 6.07) is 0. The van der Waals surface area contributed by atoms with Crippen LogP contribution in [0, 0.1) is 5.92 Å². The van der Waals surface area contributed by atoms with Gasteiger partial charge in [0.25, 0.3) is 0 Å². The Morgan fingerprint density at radius 3 is 2.25 bits per heavy atom. The number of nitrogens with two attached hydrogens (primary N) is 1. The summed E-state index contributed by atoms with van der Waals surface area (Å²) in [4.78, 5) is 32.7. The number of carboxylic acids is 2. The summed E-state index contributed by atoms with van der Waals surface area (Å²) < 4.78 is 0. The molecule has 20 heavy (non-hydrogen) atoms. The molecule has 0 spiro atoms. The molecule has 0 aliphatic rings. The third-order valence-electron chi connectivity index (χ3n) is 2.97. The number of rotatable bonds is 12. The van der Waals surface area contributed by atoms with Gasteiger partial charge in [-0.05, 0) is 32.2 Å². The van der Waals surface area contributed by atoms with Crippen LogP contribution in [0.1, 0.15) is 44.9 Å². The van der Waals surface area contributed by atoms with Gasteiger partial charge in [0.1, 0.15) is 0 Å². The van der Waals surface area contributed by atoms with Gasteiger partial charge in [0.15, 0.2) is 0 Å². The maximum Gasteiger partial charge on any atom is 0.306 e. The number of carbonyl (C=O) groups excluding carboxylic acids is 1. The molecule has 0 fully saturated rings. The predicted octanol–water partition coefficient (Wildman–Crippen LogP) is 0.577. The van der Waals surface area contributed by atoms with Gasteiger partial charge < -0.3 is 21.3 Å². The minimum absolute atomic E-state index is 0.0374. The largest absolute Gasteiger partial charge is 0.481 e. The molecular formula is C13H24N2O5. The van der Waals surface area contributed by atoms with Crippen molar-refractivity contribution in [3.63, 3.8) is 0 Å². The second-order valence-electron chi connectivity index (χ2n) is 4.71. The molecule has 0 aliphatic heterocycles. The molecule has 0 aromatic rings. The van der Waals surface area contributed by atoms with E-state index < -0.39 is 17.9 Å². The van der Waals surface area contributed by atoms with Gasteiger partial charge in [0, 0.05) is 19.4 Å². The minimum Gasteiger partial charge on any atom is -0.481 e. The summed E-state index contributed by atoms with van der Waals surface area (Å²) >= 11 is 0. The Bertz CT molecular complexity index is 320. The lowest BCUT2D eigenvalue weighted by molar-refractivity contribution is -0.142. The summed E-state index contributed by atoms with van der Waals surface area (Å²) in [5.74, 6) is -2.50. The lowest BCUT2D eigenvalue weighted by Gasteiger charge is -2.12. The van der Waals surface area contributed by atoms with Crippen LogP contribution in [0.5, 0.6) is 0 Å². The molecule has 116 valence electrons. The van der Waals surface area contributed by atoms with Crippen LogP contribution in [0.2, 0.25) is 0 Å². The fourth-order valence-corrected chi connectivity index (χ4v) is 1.80. The van der Waals surface area contributed by atoms with Crippen molar-refractivity contribution < 1.29 is 24.6 Å². The molecule has 0 aliphatic carbocycles. The maximum atomic E-state index is 11.4. The molecule has 7 nitrogen and oxygen atoms in total. The van der Waals surface area contributed by atoms with Gasteiger partial charge in [-0.1, -0.05) is 6.42 Å². The quantitative estimate of drug-likeness (QED) is 0.389. The molecule has 0 aromatic heterocycles. The zero-order valence-corrected chi connectivity index (χ0v) is 11.6. The number of carboxylic acid groups (broad SMARTS) is 2. The molecule has 0 saturated carbocycles. The normalized spacial score (nSPS) is 11.8. The summed E-state index contributed by atoms with van der Waals surface area (Å²) in [5, 5.41) is 20.1. The highest BCUT2D eigenvalue weighted by atomic mass is 16.4. The van der Waals surface area contributed by atoms with E-state index in [2.05, 4.69) is 5.32 Å². The van der Waals surface area contributed by atoms with E-state index in [0.717, 1.165) is 12.8 Å². The first-order valence-electron chi connectivity index (χ1n) is 6.88. The van der Waals surface area contributed by atoms with Gasteiger partial charge in [0.05, 0.1) is 5.92 Å². The predicted molar refractivity (Wildman–Crippen MR) is 73.1 cm³/mol. The Balaban J connectivity index is 3.78. The van der Waals surface area contributed by atoms with Crippen LogP contribution >= 0.6 is 0 Å². The Morgan fingerprint density at radius 1 is 1.00 bits per heavy atom. The van der Waals surface area contributed by atoms with Crippen molar-refractivity contribution in [2.75, 3.05) is 13.1 Å². The van der Waals surface area contributed by atoms with Gasteiger partial charge in [-0.15, -0.1) is 0 Å². The smallest absolute Gasteiger partial charge is 0.306 e. The first-order valence-corrected chi connectivity index (χ1v) is 6.88. The number of aliphatic carboxylic acids is 2. The minimum atomic E-state index is -0.927. The van der Waals surface area contributed by atoms with E-state index in [1.54, 1.807) is 0 Å². The van der Waals surface area contributed by atoms with Crippen molar-refractivity contribution in [1.82, 2.24) is 5.32 Å². The highest BCUT2D eigenvalue weighted by Gasteiger charge is 2.16. The van der Waals surface area contributed by atoms with E-state index in [1.165, 1.54) is 0 Å². The third kappa shape index (κ3) is 10.3. The number of amides is 1. The first kappa shape index (κ1) is 18.4. The third-order valence-corrected chi connectivity index (χ3v) is 2.97. The van der Waals surface area contributed by atoms with E-state index in [-0.39, 0.29) is 18.7 Å². The van der Waals surface area contributed by atoms with Crippen molar-refractivity contribution >= 4 is 17.8 Å². The van der Waals surface area contributed by atoms with E-state index in [4.69, 9.17) is 15.9 Å². The molecule has 0 bridgehead atoms. The van der Waals surface area contributed by atoms with Crippen molar-refractivity contribution in [3.8, 4) is 0 Å². The molecule has 0 aromatic carbocycles. The number of hydrogen-bond donors (Lipinski definition) is 4. The summed E-state index contributed by atoms with van der Waals surface area (Å²) in [6.07, 6.45) is 2.90. The molecule has 0 radical (unpaired) electrons. The second kappa shape index (κ2) is 11.2. The fourth-order valence-electron chi connectivity index (χ4n) is 1.80. The standard InChI is InChI=1S/C13H24N2O5/c14-8-2-1-4-10(13(19)20)7-9-15-11(16)5-3-6-12(17)18/h10H,1-9,14H2,(H,15,16)(H,17,18)(H,19,20). The highest BCUT2D eigenvalue weighted by molar-refractivity contribution is 5.76. The summed E-state index contributed by atoms with van der Waals surface area (Å²) in [7, 11) is 0. The second-order valence-corrected chi connectivity index (χ2v) is 4.71. The first-order chi connectivity index (χ1) is 9.47. The van der Waals surface area contributed by atoms with E-state index in [0.29, 0.717) is 32.4 Å². The number of nitrogens with one attached hydrogen (secondary N) is 1. The summed E-state index contributed by atoms with van der Waals surface area (Å²) in [5.41, 5.74) is 5.35.